The Hall–Kier alpha value is -2.30. The van der Waals surface area contributed by atoms with E-state index in [-0.39, 0.29) is 28.9 Å². The Morgan fingerprint density at radius 3 is 2.65 bits per heavy atom. The van der Waals surface area contributed by atoms with Crippen molar-refractivity contribution in [2.75, 3.05) is 0 Å². The third kappa shape index (κ3) is 4.84. The molecule has 0 fully saturated rings. The third-order valence-corrected chi connectivity index (χ3v) is 3.84. The van der Waals surface area contributed by atoms with Crippen molar-refractivity contribution < 1.29 is 24.5 Å². The monoisotopic (exact) mass is 318 g/mol. The van der Waals surface area contributed by atoms with Gasteiger partial charge in [-0.25, -0.2) is 4.79 Å². The number of esters is 1. The molecule has 2 N–H and O–H groups in total. The van der Waals surface area contributed by atoms with Crippen LogP contribution < -0.4 is 0 Å². The Morgan fingerprint density at radius 1 is 1.13 bits per heavy atom. The number of carbonyl (C=O) groups is 2. The molecule has 0 unspecified atom stereocenters. The molecule has 1 aliphatic rings. The summed E-state index contributed by atoms with van der Waals surface area (Å²) in [5.41, 5.74) is 0.460. The molecule has 23 heavy (non-hydrogen) atoms. The first-order chi connectivity index (χ1) is 11.0. The second kappa shape index (κ2) is 7.81. The number of hydrogen-bond donors (Lipinski definition) is 2. The minimum Gasteiger partial charge on any atom is -0.508 e. The smallest absolute Gasteiger partial charge is 0.342 e. The highest BCUT2D eigenvalue weighted by atomic mass is 16.5. The molecule has 0 saturated heterocycles. The first-order valence-corrected chi connectivity index (χ1v) is 7.92. The van der Waals surface area contributed by atoms with Gasteiger partial charge < -0.3 is 14.9 Å². The third-order valence-electron chi connectivity index (χ3n) is 3.84. The van der Waals surface area contributed by atoms with Gasteiger partial charge in [-0.1, -0.05) is 12.2 Å². The maximum Gasteiger partial charge on any atom is 0.342 e. The number of hydrogen-bond acceptors (Lipinski definition) is 5. The largest absolute Gasteiger partial charge is 0.508 e. The highest BCUT2D eigenvalue weighted by Crippen LogP contribution is 2.29. The van der Waals surface area contributed by atoms with Gasteiger partial charge in [0, 0.05) is 18.9 Å². The van der Waals surface area contributed by atoms with Crippen molar-refractivity contribution in [1.29, 1.82) is 0 Å². The fourth-order valence-corrected chi connectivity index (χ4v) is 2.63. The number of ketones is 1. The lowest BCUT2D eigenvalue weighted by Crippen LogP contribution is -2.16. The summed E-state index contributed by atoms with van der Waals surface area (Å²) in [6.45, 7) is 1.77. The first kappa shape index (κ1) is 17.1. The molecule has 0 aliphatic carbocycles. The zero-order chi connectivity index (χ0) is 16.8. The molecule has 1 aromatic carbocycles. The van der Waals surface area contributed by atoms with E-state index in [9.17, 15) is 19.8 Å². The molecule has 1 atom stereocenters. The highest BCUT2D eigenvalue weighted by molar-refractivity contribution is 5.97. The second-order valence-electron chi connectivity index (χ2n) is 5.87. The summed E-state index contributed by atoms with van der Waals surface area (Å²) >= 11 is 0. The van der Waals surface area contributed by atoms with Crippen molar-refractivity contribution >= 4 is 17.8 Å². The van der Waals surface area contributed by atoms with Crippen LogP contribution in [0.5, 0.6) is 11.5 Å². The van der Waals surface area contributed by atoms with Crippen LogP contribution in [-0.2, 0) is 9.53 Å². The number of carbonyl (C=O) groups excluding carboxylic acids is 2. The number of ether oxygens (including phenoxy) is 1. The summed E-state index contributed by atoms with van der Waals surface area (Å²) in [5.74, 6) is -0.824. The van der Waals surface area contributed by atoms with Crippen LogP contribution in [0.2, 0.25) is 0 Å². The van der Waals surface area contributed by atoms with Crippen molar-refractivity contribution in [2.45, 2.75) is 51.6 Å². The van der Waals surface area contributed by atoms with E-state index in [1.54, 1.807) is 13.0 Å². The number of benzene rings is 1. The molecule has 0 aromatic heterocycles. The quantitative estimate of drug-likeness (QED) is 0.714. The lowest BCUT2D eigenvalue weighted by molar-refractivity contribution is -0.119. The fraction of sp³-hybridized carbons (Fsp3) is 0.444. The van der Waals surface area contributed by atoms with E-state index in [0.717, 1.165) is 12.5 Å². The van der Waals surface area contributed by atoms with Gasteiger partial charge in [0.15, 0.2) is 0 Å². The van der Waals surface area contributed by atoms with Gasteiger partial charge in [-0.3, -0.25) is 4.79 Å². The maximum absolute atomic E-state index is 12.3. The minimum absolute atomic E-state index is 0.0547. The zero-order valence-electron chi connectivity index (χ0n) is 13.2. The zero-order valence-corrected chi connectivity index (χ0v) is 13.2. The van der Waals surface area contributed by atoms with E-state index in [4.69, 9.17) is 4.74 Å². The van der Waals surface area contributed by atoms with E-state index in [2.05, 4.69) is 0 Å². The fourth-order valence-electron chi connectivity index (χ4n) is 2.63. The van der Waals surface area contributed by atoms with Gasteiger partial charge in [-0.15, -0.1) is 0 Å². The van der Waals surface area contributed by atoms with Crippen LogP contribution in [0, 0.1) is 0 Å². The molecule has 0 bridgehead atoms. The number of phenolic OH excluding ortho intramolecular Hbond substituents is 2. The summed E-state index contributed by atoms with van der Waals surface area (Å²) in [6.07, 6.45) is 6.90. The number of cyclic esters (lactones) is 1. The molecule has 5 heteroatoms. The summed E-state index contributed by atoms with van der Waals surface area (Å²) in [5, 5.41) is 19.6. The molecule has 1 aromatic rings. The van der Waals surface area contributed by atoms with E-state index in [1.807, 2.05) is 6.08 Å². The van der Waals surface area contributed by atoms with Crippen molar-refractivity contribution in [1.82, 2.24) is 0 Å². The minimum atomic E-state index is -0.627. The topological polar surface area (TPSA) is 83.8 Å². The van der Waals surface area contributed by atoms with E-state index >= 15 is 0 Å². The highest BCUT2D eigenvalue weighted by Gasteiger charge is 2.20. The van der Waals surface area contributed by atoms with Crippen molar-refractivity contribution in [2.24, 2.45) is 0 Å². The van der Waals surface area contributed by atoms with Crippen LogP contribution in [-0.4, -0.2) is 28.1 Å². The van der Waals surface area contributed by atoms with Crippen LogP contribution in [0.15, 0.2) is 18.2 Å². The van der Waals surface area contributed by atoms with Gasteiger partial charge in [0.25, 0.3) is 0 Å². The Balaban J connectivity index is 2.32. The maximum atomic E-state index is 12.3. The van der Waals surface area contributed by atoms with Crippen molar-refractivity contribution in [3.05, 3.63) is 29.3 Å². The normalized spacial score (nSPS) is 21.9. The van der Waals surface area contributed by atoms with Crippen LogP contribution in [0.1, 0.15) is 61.4 Å². The summed E-state index contributed by atoms with van der Waals surface area (Å²) in [4.78, 5) is 24.0. The molecule has 0 saturated carbocycles. The first-order valence-electron chi connectivity index (χ1n) is 7.92. The Morgan fingerprint density at radius 2 is 1.87 bits per heavy atom. The predicted molar refractivity (Wildman–Crippen MR) is 86.4 cm³/mol. The second-order valence-corrected chi connectivity index (χ2v) is 5.87. The summed E-state index contributed by atoms with van der Waals surface area (Å²) < 4.78 is 5.35. The van der Waals surface area contributed by atoms with Gasteiger partial charge >= 0.3 is 5.97 Å². The number of Topliss-reactive ketones (excluding diaryl/α,β-unsaturated/α-hetero) is 1. The summed E-state index contributed by atoms with van der Waals surface area (Å²) in [7, 11) is 0. The van der Waals surface area contributed by atoms with Crippen molar-refractivity contribution in [3.8, 4) is 11.5 Å². The molecule has 0 radical (unpaired) electrons. The van der Waals surface area contributed by atoms with Gasteiger partial charge in [0.2, 0.25) is 0 Å². The molecule has 124 valence electrons. The Labute approximate surface area is 135 Å². The molecule has 2 rings (SSSR count). The van der Waals surface area contributed by atoms with Crippen molar-refractivity contribution in [3.63, 3.8) is 0 Å². The number of aromatic hydroxyl groups is 2. The molecule has 1 heterocycles. The lowest BCUT2D eigenvalue weighted by Gasteiger charge is -2.15. The molecular weight excluding hydrogens is 296 g/mol. The van der Waals surface area contributed by atoms with Crippen LogP contribution in [0.4, 0.5) is 0 Å². The van der Waals surface area contributed by atoms with Crippen LogP contribution >= 0.6 is 0 Å². The van der Waals surface area contributed by atoms with E-state index < -0.39 is 5.97 Å². The van der Waals surface area contributed by atoms with Gasteiger partial charge in [-0.2, -0.15) is 0 Å². The Bertz CT molecular complexity index is 618. The van der Waals surface area contributed by atoms with Gasteiger partial charge in [-0.05, 0) is 44.2 Å². The average Bonchev–Trinajstić information content (AvgIpc) is 2.45. The van der Waals surface area contributed by atoms with E-state index in [0.29, 0.717) is 37.7 Å². The number of rotatable bonds is 0. The standard InChI is InChI=1S/C18H22O5/c1-12-6-5-9-14(19)8-4-2-3-7-13-10-15(20)11-16(21)17(13)18(22)23-12/h3,7,10-12,20-21H,2,4-6,8-9H2,1H3/b7-3+/t12-/m1/s1. The SMILES string of the molecule is C[C@@H]1CCCC(=O)CCC/C=C/c2cc(O)cc(O)c2C(=O)O1. The molecule has 5 nitrogen and oxygen atoms in total. The number of fused-ring (bicyclic) bond motifs is 1. The lowest BCUT2D eigenvalue weighted by atomic mass is 10.0. The van der Waals surface area contributed by atoms with Gasteiger partial charge in [0.05, 0.1) is 6.10 Å². The van der Waals surface area contributed by atoms with E-state index in [1.165, 1.54) is 6.07 Å². The number of phenols is 2. The Kier molecular flexibility index (Phi) is 5.79. The molecule has 1 aliphatic heterocycles. The van der Waals surface area contributed by atoms with Crippen LogP contribution in [0.3, 0.4) is 0 Å². The number of allylic oxidation sites excluding steroid dienone is 1. The molecule has 0 spiro atoms. The van der Waals surface area contributed by atoms with Crippen LogP contribution in [0.25, 0.3) is 6.08 Å². The average molecular weight is 318 g/mol. The van der Waals surface area contributed by atoms with Gasteiger partial charge in [0.1, 0.15) is 22.8 Å². The molecular formula is C18H22O5. The molecule has 0 amide bonds. The predicted octanol–water partition coefficient (Wildman–Crippen LogP) is 3.58. The summed E-state index contributed by atoms with van der Waals surface area (Å²) in [6, 6.07) is 2.54.